The molecule has 5 nitrogen and oxygen atoms in total. The summed E-state index contributed by atoms with van der Waals surface area (Å²) in [6.45, 7) is 3.36. The van der Waals surface area contributed by atoms with Crippen molar-refractivity contribution in [1.29, 1.82) is 0 Å². The van der Waals surface area contributed by atoms with Gasteiger partial charge in [-0.25, -0.2) is 4.79 Å². The van der Waals surface area contributed by atoms with Crippen LogP contribution >= 0.6 is 0 Å². The van der Waals surface area contributed by atoms with Gasteiger partial charge in [-0.3, -0.25) is 4.79 Å². The van der Waals surface area contributed by atoms with Gasteiger partial charge in [-0.05, 0) is 32.3 Å². The number of hydrogen-bond acceptors (Lipinski definition) is 2. The Morgan fingerprint density at radius 3 is 2.44 bits per heavy atom. The Morgan fingerprint density at radius 2 is 1.94 bits per heavy atom. The number of aromatic amines is 1. The third-order valence-electron chi connectivity index (χ3n) is 3.22. The van der Waals surface area contributed by atoms with Crippen LogP contribution in [0.1, 0.15) is 44.9 Å². The van der Waals surface area contributed by atoms with Crippen molar-refractivity contribution in [1.82, 2.24) is 10.3 Å². The van der Waals surface area contributed by atoms with Gasteiger partial charge in [0.25, 0.3) is 5.91 Å². The highest BCUT2D eigenvalue weighted by molar-refractivity contribution is 6.00. The van der Waals surface area contributed by atoms with Crippen LogP contribution in [0, 0.1) is 13.8 Å². The monoisotopic (exact) mass is 248 g/mol. The van der Waals surface area contributed by atoms with E-state index < -0.39 is 5.97 Å². The second-order valence-electron chi connectivity index (χ2n) is 4.54. The van der Waals surface area contributed by atoms with E-state index in [4.69, 9.17) is 5.11 Å². The maximum absolute atomic E-state index is 12.1. The summed E-state index contributed by atoms with van der Waals surface area (Å²) in [4.78, 5) is 25.9. The minimum atomic E-state index is -1.04. The van der Waals surface area contributed by atoms with E-state index in [0.717, 1.165) is 12.8 Å². The zero-order chi connectivity index (χ0) is 13.3. The van der Waals surface area contributed by atoms with E-state index >= 15 is 0 Å². The molecule has 0 aromatic carbocycles. The van der Waals surface area contributed by atoms with Crippen molar-refractivity contribution in [3.63, 3.8) is 0 Å². The van der Waals surface area contributed by atoms with Gasteiger partial charge in [0.2, 0.25) is 0 Å². The first-order chi connectivity index (χ1) is 8.50. The molecule has 0 saturated heterocycles. The molecule has 2 rings (SSSR count). The van der Waals surface area contributed by atoms with Gasteiger partial charge in [0.05, 0.1) is 5.56 Å². The molecule has 1 aromatic heterocycles. The van der Waals surface area contributed by atoms with E-state index in [9.17, 15) is 9.59 Å². The smallest absolute Gasteiger partial charge is 0.352 e. The number of carboxylic acid groups (broad SMARTS) is 1. The van der Waals surface area contributed by atoms with Crippen molar-refractivity contribution in [3.05, 3.63) is 34.7 Å². The predicted molar refractivity (Wildman–Crippen MR) is 66.9 cm³/mol. The first-order valence-corrected chi connectivity index (χ1v) is 5.89. The van der Waals surface area contributed by atoms with Gasteiger partial charge in [0, 0.05) is 11.7 Å². The van der Waals surface area contributed by atoms with Crippen LogP contribution in [0.3, 0.4) is 0 Å². The van der Waals surface area contributed by atoms with Gasteiger partial charge in [-0.15, -0.1) is 0 Å². The molecule has 1 heterocycles. The fourth-order valence-electron chi connectivity index (χ4n) is 2.30. The van der Waals surface area contributed by atoms with Gasteiger partial charge in [-0.1, -0.05) is 12.2 Å². The van der Waals surface area contributed by atoms with Crippen LogP contribution in [0.25, 0.3) is 0 Å². The quantitative estimate of drug-likeness (QED) is 0.713. The van der Waals surface area contributed by atoms with Crippen LogP contribution in [0.15, 0.2) is 12.2 Å². The van der Waals surface area contributed by atoms with Gasteiger partial charge < -0.3 is 15.4 Å². The molecule has 96 valence electrons. The molecule has 1 amide bonds. The molecule has 1 aliphatic rings. The first kappa shape index (κ1) is 12.4. The summed E-state index contributed by atoms with van der Waals surface area (Å²) < 4.78 is 0. The molecule has 5 heteroatoms. The highest BCUT2D eigenvalue weighted by Gasteiger charge is 2.23. The topological polar surface area (TPSA) is 82.2 Å². The summed E-state index contributed by atoms with van der Waals surface area (Å²) in [6.07, 6.45) is 5.73. The number of hydrogen-bond donors (Lipinski definition) is 3. The summed E-state index contributed by atoms with van der Waals surface area (Å²) in [5.41, 5.74) is 1.61. The SMILES string of the molecule is Cc1[nH]c(C(=O)O)c(C)c1C(=O)NC1CC=CC1. The Bertz CT molecular complexity index is 521. The molecule has 0 unspecified atom stereocenters. The molecule has 0 saturated carbocycles. The van der Waals surface area contributed by atoms with E-state index in [1.54, 1.807) is 13.8 Å². The molecular formula is C13H16N2O3. The number of carbonyl (C=O) groups is 2. The lowest BCUT2D eigenvalue weighted by Crippen LogP contribution is -2.33. The van der Waals surface area contributed by atoms with Crippen molar-refractivity contribution >= 4 is 11.9 Å². The number of carboxylic acids is 1. The van der Waals surface area contributed by atoms with Gasteiger partial charge in [-0.2, -0.15) is 0 Å². The number of nitrogens with one attached hydrogen (secondary N) is 2. The molecule has 1 aliphatic carbocycles. The zero-order valence-electron chi connectivity index (χ0n) is 10.4. The van der Waals surface area contributed by atoms with E-state index in [1.807, 2.05) is 12.2 Å². The van der Waals surface area contributed by atoms with Gasteiger partial charge >= 0.3 is 5.97 Å². The lowest BCUT2D eigenvalue weighted by atomic mass is 10.1. The number of amides is 1. The number of aromatic nitrogens is 1. The molecule has 0 atom stereocenters. The average molecular weight is 248 g/mol. The second kappa shape index (κ2) is 4.68. The maximum atomic E-state index is 12.1. The molecule has 0 aliphatic heterocycles. The number of rotatable bonds is 3. The van der Waals surface area contributed by atoms with Crippen LogP contribution in [0.2, 0.25) is 0 Å². The van der Waals surface area contributed by atoms with Crippen molar-refractivity contribution in [2.24, 2.45) is 0 Å². The molecule has 1 aromatic rings. The third kappa shape index (κ3) is 2.16. The molecule has 0 spiro atoms. The standard InChI is InChI=1S/C13H16N2O3/c1-7-10(8(2)14-11(7)13(17)18)12(16)15-9-5-3-4-6-9/h3-4,9,14H,5-6H2,1-2H3,(H,15,16)(H,17,18). The molecule has 0 bridgehead atoms. The van der Waals surface area contributed by atoms with Crippen LogP contribution in [-0.2, 0) is 0 Å². The predicted octanol–water partition coefficient (Wildman–Crippen LogP) is 1.78. The number of H-pyrrole nitrogens is 1. The molecular weight excluding hydrogens is 232 g/mol. The molecule has 18 heavy (non-hydrogen) atoms. The highest BCUT2D eigenvalue weighted by Crippen LogP contribution is 2.19. The maximum Gasteiger partial charge on any atom is 0.352 e. The summed E-state index contributed by atoms with van der Waals surface area (Å²) in [6, 6.07) is 0.125. The second-order valence-corrected chi connectivity index (χ2v) is 4.54. The van der Waals surface area contributed by atoms with Gasteiger partial charge in [0.15, 0.2) is 0 Å². The number of aromatic carboxylic acids is 1. The fourth-order valence-corrected chi connectivity index (χ4v) is 2.30. The van der Waals surface area contributed by atoms with E-state index in [-0.39, 0.29) is 17.6 Å². The third-order valence-corrected chi connectivity index (χ3v) is 3.22. The highest BCUT2D eigenvalue weighted by atomic mass is 16.4. The van der Waals surface area contributed by atoms with E-state index in [2.05, 4.69) is 10.3 Å². The Hall–Kier alpha value is -2.04. The van der Waals surface area contributed by atoms with Crippen LogP contribution in [0.4, 0.5) is 0 Å². The van der Waals surface area contributed by atoms with Crippen molar-refractivity contribution in [2.75, 3.05) is 0 Å². The van der Waals surface area contributed by atoms with Crippen molar-refractivity contribution in [2.45, 2.75) is 32.7 Å². The zero-order valence-corrected chi connectivity index (χ0v) is 10.4. The average Bonchev–Trinajstić information content (AvgIpc) is 2.86. The lowest BCUT2D eigenvalue weighted by Gasteiger charge is -2.12. The minimum Gasteiger partial charge on any atom is -0.477 e. The minimum absolute atomic E-state index is 0.0854. The van der Waals surface area contributed by atoms with E-state index in [1.165, 1.54) is 0 Å². The lowest BCUT2D eigenvalue weighted by molar-refractivity contribution is 0.0690. The Labute approximate surface area is 105 Å². The largest absolute Gasteiger partial charge is 0.477 e. The number of carbonyl (C=O) groups excluding carboxylic acids is 1. The first-order valence-electron chi connectivity index (χ1n) is 5.89. The molecule has 0 fully saturated rings. The summed E-state index contributed by atoms with van der Waals surface area (Å²) in [5, 5.41) is 11.9. The Morgan fingerprint density at radius 1 is 1.33 bits per heavy atom. The molecule has 3 N–H and O–H groups in total. The van der Waals surface area contributed by atoms with Crippen LogP contribution < -0.4 is 5.32 Å². The Kier molecular flexibility index (Phi) is 3.23. The van der Waals surface area contributed by atoms with Crippen molar-refractivity contribution in [3.8, 4) is 0 Å². The van der Waals surface area contributed by atoms with E-state index in [0.29, 0.717) is 16.8 Å². The Balaban J connectivity index is 2.22. The van der Waals surface area contributed by atoms with Crippen LogP contribution in [-0.4, -0.2) is 28.0 Å². The fraction of sp³-hybridized carbons (Fsp3) is 0.385. The molecule has 0 radical (unpaired) electrons. The van der Waals surface area contributed by atoms with Crippen LogP contribution in [0.5, 0.6) is 0 Å². The number of aryl methyl sites for hydroxylation is 1. The summed E-state index contributed by atoms with van der Waals surface area (Å²) in [7, 11) is 0. The van der Waals surface area contributed by atoms with Crippen molar-refractivity contribution < 1.29 is 14.7 Å². The normalized spacial score (nSPS) is 15.0. The van der Waals surface area contributed by atoms with Gasteiger partial charge in [0.1, 0.15) is 5.69 Å². The summed E-state index contributed by atoms with van der Waals surface area (Å²) >= 11 is 0. The summed E-state index contributed by atoms with van der Waals surface area (Å²) in [5.74, 6) is -1.25.